The molecule has 0 saturated carbocycles. The number of anilines is 1. The molecule has 1 atom stereocenters. The molecule has 1 aliphatic rings. The van der Waals surface area contributed by atoms with Crippen LogP contribution in [0.25, 0.3) is 0 Å². The fourth-order valence-corrected chi connectivity index (χ4v) is 5.21. The average molecular weight is 387 g/mol. The minimum absolute atomic E-state index is 0.00825. The zero-order valence-electron chi connectivity index (χ0n) is 15.6. The first-order chi connectivity index (χ1) is 12.9. The Balaban J connectivity index is 1.64. The van der Waals surface area contributed by atoms with Crippen molar-refractivity contribution in [1.82, 2.24) is 4.90 Å². The van der Waals surface area contributed by atoms with E-state index in [0.29, 0.717) is 19.4 Å². The molecule has 1 aliphatic heterocycles. The van der Waals surface area contributed by atoms with Crippen molar-refractivity contribution in [3.8, 4) is 0 Å². The Bertz CT molecular complexity index is 854. The molecule has 0 radical (unpaired) electrons. The summed E-state index contributed by atoms with van der Waals surface area (Å²) in [6, 6.07) is 20.0. The van der Waals surface area contributed by atoms with Crippen molar-refractivity contribution >= 4 is 21.4 Å². The molecule has 27 heavy (non-hydrogen) atoms. The topological polar surface area (TPSA) is 57.7 Å². The van der Waals surface area contributed by atoms with Gasteiger partial charge in [0.1, 0.15) is 0 Å². The average Bonchev–Trinajstić information content (AvgIpc) is 3.05. The Labute approximate surface area is 161 Å². The van der Waals surface area contributed by atoms with Gasteiger partial charge in [-0.05, 0) is 24.1 Å². The zero-order valence-corrected chi connectivity index (χ0v) is 16.4. The van der Waals surface area contributed by atoms with Crippen LogP contribution in [0.4, 0.5) is 5.69 Å². The van der Waals surface area contributed by atoms with Crippen LogP contribution in [0.15, 0.2) is 60.7 Å². The Morgan fingerprint density at radius 2 is 1.67 bits per heavy atom. The summed E-state index contributed by atoms with van der Waals surface area (Å²) < 4.78 is 23.4. The summed E-state index contributed by atoms with van der Waals surface area (Å²) in [4.78, 5) is 16.4. The maximum atomic E-state index is 12.6. The number of nitrogens with zero attached hydrogens (tertiary/aromatic N) is 2. The molecule has 0 spiro atoms. The SMILES string of the molecule is CN(C(=O)CCN(Cc1ccccc1)c1ccccc1)C1CCS(=O)(=O)C1. The van der Waals surface area contributed by atoms with Crippen LogP contribution in [0, 0.1) is 0 Å². The molecular weight excluding hydrogens is 360 g/mol. The summed E-state index contributed by atoms with van der Waals surface area (Å²) in [5, 5.41) is 0. The van der Waals surface area contributed by atoms with Gasteiger partial charge in [0.25, 0.3) is 0 Å². The molecule has 6 heteroatoms. The lowest BCUT2D eigenvalue weighted by molar-refractivity contribution is -0.131. The number of hydrogen-bond donors (Lipinski definition) is 0. The molecule has 0 N–H and O–H groups in total. The van der Waals surface area contributed by atoms with E-state index in [0.717, 1.165) is 12.2 Å². The summed E-state index contributed by atoms with van der Waals surface area (Å²) in [7, 11) is -1.27. The summed E-state index contributed by atoms with van der Waals surface area (Å²) in [6.07, 6.45) is 0.895. The third kappa shape index (κ3) is 5.32. The molecule has 0 aromatic heterocycles. The van der Waals surface area contributed by atoms with Gasteiger partial charge in [0.2, 0.25) is 5.91 Å². The van der Waals surface area contributed by atoms with Crippen LogP contribution in [0.5, 0.6) is 0 Å². The number of sulfone groups is 1. The highest BCUT2D eigenvalue weighted by Gasteiger charge is 2.32. The molecule has 1 fully saturated rings. The number of para-hydroxylation sites is 1. The van der Waals surface area contributed by atoms with E-state index in [4.69, 9.17) is 0 Å². The van der Waals surface area contributed by atoms with E-state index >= 15 is 0 Å². The van der Waals surface area contributed by atoms with Crippen molar-refractivity contribution in [1.29, 1.82) is 0 Å². The second kappa shape index (κ2) is 8.57. The van der Waals surface area contributed by atoms with Crippen molar-refractivity contribution in [3.05, 3.63) is 66.2 Å². The van der Waals surface area contributed by atoms with Crippen LogP contribution < -0.4 is 4.90 Å². The molecule has 1 amide bonds. The molecule has 0 bridgehead atoms. The van der Waals surface area contributed by atoms with Gasteiger partial charge in [0.15, 0.2) is 9.84 Å². The Morgan fingerprint density at radius 1 is 1.04 bits per heavy atom. The normalized spacial score (nSPS) is 18.2. The van der Waals surface area contributed by atoms with Gasteiger partial charge in [-0.15, -0.1) is 0 Å². The summed E-state index contributed by atoms with van der Waals surface area (Å²) in [5.74, 6) is 0.257. The highest BCUT2D eigenvalue weighted by molar-refractivity contribution is 7.91. The standard InChI is InChI=1S/C21H26N2O3S/c1-22(20-13-15-27(25,26)17-20)21(24)12-14-23(19-10-6-3-7-11-19)16-18-8-4-2-5-9-18/h2-11,20H,12-17H2,1H3. The van der Waals surface area contributed by atoms with Gasteiger partial charge in [-0.2, -0.15) is 0 Å². The van der Waals surface area contributed by atoms with E-state index in [1.165, 1.54) is 5.56 Å². The first-order valence-electron chi connectivity index (χ1n) is 9.24. The van der Waals surface area contributed by atoms with Gasteiger partial charge in [-0.25, -0.2) is 8.42 Å². The Morgan fingerprint density at radius 3 is 2.26 bits per heavy atom. The first-order valence-corrected chi connectivity index (χ1v) is 11.1. The van der Waals surface area contributed by atoms with Crippen LogP contribution in [-0.4, -0.2) is 50.4 Å². The summed E-state index contributed by atoms with van der Waals surface area (Å²) >= 11 is 0. The molecule has 0 aliphatic carbocycles. The number of carbonyl (C=O) groups excluding carboxylic acids is 1. The molecule has 1 saturated heterocycles. The fraction of sp³-hybridized carbons (Fsp3) is 0.381. The smallest absolute Gasteiger partial charge is 0.224 e. The molecule has 2 aromatic rings. The highest BCUT2D eigenvalue weighted by Crippen LogP contribution is 2.20. The number of hydrogen-bond acceptors (Lipinski definition) is 4. The van der Waals surface area contributed by atoms with Crippen molar-refractivity contribution in [2.75, 3.05) is 30.0 Å². The van der Waals surface area contributed by atoms with Crippen LogP contribution >= 0.6 is 0 Å². The molecule has 1 heterocycles. The van der Waals surface area contributed by atoms with Crippen molar-refractivity contribution in [2.24, 2.45) is 0 Å². The van der Waals surface area contributed by atoms with Crippen LogP contribution in [-0.2, 0) is 21.2 Å². The van der Waals surface area contributed by atoms with E-state index < -0.39 is 9.84 Å². The van der Waals surface area contributed by atoms with Gasteiger partial charge in [-0.1, -0.05) is 48.5 Å². The second-order valence-corrected chi connectivity index (χ2v) is 9.28. The first kappa shape index (κ1) is 19.4. The van der Waals surface area contributed by atoms with Crippen LogP contribution in [0.1, 0.15) is 18.4 Å². The third-order valence-corrected chi connectivity index (χ3v) is 6.83. The Kier molecular flexibility index (Phi) is 6.16. The minimum atomic E-state index is -2.99. The monoisotopic (exact) mass is 386 g/mol. The van der Waals surface area contributed by atoms with Crippen molar-refractivity contribution in [2.45, 2.75) is 25.4 Å². The number of amides is 1. The predicted molar refractivity (Wildman–Crippen MR) is 108 cm³/mol. The third-order valence-electron chi connectivity index (χ3n) is 5.08. The minimum Gasteiger partial charge on any atom is -0.367 e. The lowest BCUT2D eigenvalue weighted by Crippen LogP contribution is -2.39. The van der Waals surface area contributed by atoms with Crippen LogP contribution in [0.2, 0.25) is 0 Å². The lowest BCUT2D eigenvalue weighted by Gasteiger charge is -2.28. The van der Waals surface area contributed by atoms with Gasteiger partial charge in [0, 0.05) is 38.3 Å². The fourth-order valence-electron chi connectivity index (χ4n) is 3.43. The highest BCUT2D eigenvalue weighted by atomic mass is 32.2. The molecule has 144 valence electrons. The van der Waals surface area contributed by atoms with Crippen molar-refractivity contribution < 1.29 is 13.2 Å². The summed E-state index contributed by atoms with van der Waals surface area (Å²) in [5.41, 5.74) is 2.25. The van der Waals surface area contributed by atoms with E-state index in [-0.39, 0.29) is 23.5 Å². The summed E-state index contributed by atoms with van der Waals surface area (Å²) in [6.45, 7) is 1.31. The van der Waals surface area contributed by atoms with E-state index in [1.54, 1.807) is 11.9 Å². The molecular formula is C21H26N2O3S. The maximum Gasteiger partial charge on any atom is 0.224 e. The molecule has 2 aromatic carbocycles. The van der Waals surface area contributed by atoms with E-state index in [1.807, 2.05) is 48.5 Å². The maximum absolute atomic E-state index is 12.6. The predicted octanol–water partition coefficient (Wildman–Crippen LogP) is 2.73. The zero-order chi connectivity index (χ0) is 19.3. The number of benzene rings is 2. The van der Waals surface area contributed by atoms with E-state index in [2.05, 4.69) is 17.0 Å². The quantitative estimate of drug-likeness (QED) is 0.734. The van der Waals surface area contributed by atoms with Gasteiger partial charge in [-0.3, -0.25) is 4.79 Å². The molecule has 5 nitrogen and oxygen atoms in total. The second-order valence-electron chi connectivity index (χ2n) is 7.05. The number of carbonyl (C=O) groups is 1. The molecule has 1 unspecified atom stereocenters. The molecule has 3 rings (SSSR count). The van der Waals surface area contributed by atoms with Gasteiger partial charge < -0.3 is 9.80 Å². The van der Waals surface area contributed by atoms with Gasteiger partial charge >= 0.3 is 0 Å². The Hall–Kier alpha value is -2.34. The van der Waals surface area contributed by atoms with Crippen molar-refractivity contribution in [3.63, 3.8) is 0 Å². The van der Waals surface area contributed by atoms with E-state index in [9.17, 15) is 13.2 Å². The lowest BCUT2D eigenvalue weighted by atomic mass is 10.1. The van der Waals surface area contributed by atoms with Crippen LogP contribution in [0.3, 0.4) is 0 Å². The number of rotatable bonds is 7. The van der Waals surface area contributed by atoms with Gasteiger partial charge in [0.05, 0.1) is 11.5 Å². The largest absolute Gasteiger partial charge is 0.367 e.